The second kappa shape index (κ2) is 3.51. The Morgan fingerprint density at radius 1 is 1.53 bits per heavy atom. The first-order chi connectivity index (χ1) is 7.13. The maximum absolute atomic E-state index is 11.6. The van der Waals surface area contributed by atoms with Crippen LogP contribution in [0.5, 0.6) is 5.75 Å². The summed E-state index contributed by atoms with van der Waals surface area (Å²) < 4.78 is 6.15. The number of rotatable bonds is 1. The van der Waals surface area contributed by atoms with Gasteiger partial charge in [0.25, 0.3) is 5.56 Å². The maximum Gasteiger partial charge on any atom is 0.293 e. The molecule has 2 rings (SSSR count). The Kier molecular flexibility index (Phi) is 2.32. The van der Waals surface area contributed by atoms with Gasteiger partial charge in [-0.15, -0.1) is 0 Å². The Bertz CT molecular complexity index is 579. The molecule has 0 aliphatic rings. The molecule has 0 saturated heterocycles. The van der Waals surface area contributed by atoms with E-state index in [-0.39, 0.29) is 10.7 Å². The summed E-state index contributed by atoms with van der Waals surface area (Å²) in [4.78, 5) is 15.6. The van der Waals surface area contributed by atoms with Gasteiger partial charge in [0.1, 0.15) is 11.3 Å². The van der Waals surface area contributed by atoms with Gasteiger partial charge in [0.2, 0.25) is 0 Å². The summed E-state index contributed by atoms with van der Waals surface area (Å²) in [5.74, 6) is 0.541. The van der Waals surface area contributed by atoms with Gasteiger partial charge in [0.15, 0.2) is 5.15 Å². The summed E-state index contributed by atoms with van der Waals surface area (Å²) in [6.45, 7) is 0. The second-order valence-electron chi connectivity index (χ2n) is 2.99. The van der Waals surface area contributed by atoms with Crippen molar-refractivity contribution in [2.75, 3.05) is 7.11 Å². The van der Waals surface area contributed by atoms with E-state index in [0.29, 0.717) is 16.7 Å². The van der Waals surface area contributed by atoms with Crippen LogP contribution >= 0.6 is 11.6 Å². The van der Waals surface area contributed by atoms with Crippen LogP contribution in [0.4, 0.5) is 0 Å². The largest absolute Gasteiger partial charge is 0.495 e. The summed E-state index contributed by atoms with van der Waals surface area (Å²) >= 11 is 5.90. The molecule has 0 spiro atoms. The molecule has 78 valence electrons. The highest BCUT2D eigenvalue weighted by Crippen LogP contribution is 2.20. The van der Waals surface area contributed by atoms with Crippen molar-refractivity contribution in [1.29, 1.82) is 0 Å². The number of halogens is 1. The fraction of sp³-hybridized carbons (Fsp3) is 0.222. The molecule has 5 nitrogen and oxygen atoms in total. The quantitative estimate of drug-likeness (QED) is 0.726. The van der Waals surface area contributed by atoms with E-state index in [0.717, 1.165) is 4.68 Å². The van der Waals surface area contributed by atoms with Gasteiger partial charge in [-0.2, -0.15) is 5.10 Å². The van der Waals surface area contributed by atoms with Crippen LogP contribution in [-0.4, -0.2) is 21.9 Å². The molecule has 0 saturated carbocycles. The molecule has 2 heterocycles. The van der Waals surface area contributed by atoms with Gasteiger partial charge >= 0.3 is 0 Å². The first-order valence-electron chi connectivity index (χ1n) is 4.20. The second-order valence-corrected chi connectivity index (χ2v) is 3.35. The van der Waals surface area contributed by atoms with E-state index in [1.165, 1.54) is 20.4 Å². The third-order valence-electron chi connectivity index (χ3n) is 2.05. The number of hydrogen-bond donors (Lipinski definition) is 0. The molecule has 0 aliphatic heterocycles. The zero-order valence-electron chi connectivity index (χ0n) is 8.19. The predicted octanol–water partition coefficient (Wildman–Crippen LogP) is 0.990. The standard InChI is InChI=1S/C9H8ClN3O2/c1-13-9(14)7-6(8(10)12-13)3-5(15-2)4-11-7/h3-4H,1-2H3. The molecule has 0 atom stereocenters. The van der Waals surface area contributed by atoms with Crippen LogP contribution in [0.15, 0.2) is 17.1 Å². The molecule has 0 amide bonds. The molecule has 2 aromatic rings. The Morgan fingerprint density at radius 3 is 2.93 bits per heavy atom. The monoisotopic (exact) mass is 225 g/mol. The lowest BCUT2D eigenvalue weighted by Crippen LogP contribution is -2.20. The Labute approximate surface area is 90.3 Å². The van der Waals surface area contributed by atoms with E-state index in [1.54, 1.807) is 6.07 Å². The molecule has 2 aromatic heterocycles. The van der Waals surface area contributed by atoms with Crippen molar-refractivity contribution in [3.8, 4) is 5.75 Å². The van der Waals surface area contributed by atoms with Crippen LogP contribution in [0.2, 0.25) is 5.15 Å². The molecule has 0 radical (unpaired) electrons. The lowest BCUT2D eigenvalue weighted by molar-refractivity contribution is 0.413. The highest BCUT2D eigenvalue weighted by atomic mass is 35.5. The fourth-order valence-corrected chi connectivity index (χ4v) is 1.53. The third-order valence-corrected chi connectivity index (χ3v) is 2.33. The molecular formula is C9H8ClN3O2. The summed E-state index contributed by atoms with van der Waals surface area (Å²) in [6.07, 6.45) is 1.47. The number of nitrogens with zero attached hydrogens (tertiary/aromatic N) is 3. The van der Waals surface area contributed by atoms with Crippen LogP contribution in [0.1, 0.15) is 0 Å². The number of ether oxygens (including phenoxy) is 1. The summed E-state index contributed by atoms with van der Waals surface area (Å²) in [6, 6.07) is 1.64. The van der Waals surface area contributed by atoms with Gasteiger partial charge in [-0.05, 0) is 6.07 Å². The van der Waals surface area contributed by atoms with Gasteiger partial charge in [-0.25, -0.2) is 9.67 Å². The highest BCUT2D eigenvalue weighted by molar-refractivity contribution is 6.33. The van der Waals surface area contributed by atoms with E-state index < -0.39 is 0 Å². The van der Waals surface area contributed by atoms with Gasteiger partial charge in [0.05, 0.1) is 13.3 Å². The number of pyridine rings is 1. The highest BCUT2D eigenvalue weighted by Gasteiger charge is 2.09. The molecule has 0 N–H and O–H groups in total. The van der Waals surface area contributed by atoms with Crippen LogP contribution < -0.4 is 10.3 Å². The predicted molar refractivity (Wildman–Crippen MR) is 56.3 cm³/mol. The lowest BCUT2D eigenvalue weighted by Gasteiger charge is -2.04. The van der Waals surface area contributed by atoms with Gasteiger partial charge in [-0.1, -0.05) is 11.6 Å². The molecule has 0 unspecified atom stereocenters. The van der Waals surface area contributed by atoms with E-state index >= 15 is 0 Å². The Balaban J connectivity index is 2.90. The Hall–Kier alpha value is -1.62. The number of hydrogen-bond acceptors (Lipinski definition) is 4. The molecule has 0 aliphatic carbocycles. The van der Waals surface area contributed by atoms with Gasteiger partial charge < -0.3 is 4.74 Å². The van der Waals surface area contributed by atoms with E-state index in [2.05, 4.69) is 10.1 Å². The van der Waals surface area contributed by atoms with E-state index in [9.17, 15) is 4.79 Å². The minimum atomic E-state index is -0.281. The third kappa shape index (κ3) is 1.55. The van der Waals surface area contributed by atoms with Gasteiger partial charge in [0, 0.05) is 12.4 Å². The summed E-state index contributed by atoms with van der Waals surface area (Å²) in [5.41, 5.74) is 0.00959. The molecule has 0 aromatic carbocycles. The average Bonchev–Trinajstić information content (AvgIpc) is 2.25. The van der Waals surface area contributed by atoms with Gasteiger partial charge in [-0.3, -0.25) is 4.79 Å². The van der Waals surface area contributed by atoms with E-state index in [4.69, 9.17) is 16.3 Å². The topological polar surface area (TPSA) is 57.0 Å². The first-order valence-corrected chi connectivity index (χ1v) is 4.58. The lowest BCUT2D eigenvalue weighted by atomic mass is 10.3. The minimum absolute atomic E-state index is 0.235. The van der Waals surface area contributed by atoms with Crippen molar-refractivity contribution in [2.45, 2.75) is 0 Å². The van der Waals surface area contributed by atoms with Crippen LogP contribution in [0.25, 0.3) is 10.9 Å². The molecule has 6 heteroatoms. The zero-order chi connectivity index (χ0) is 11.0. The fourth-order valence-electron chi connectivity index (χ4n) is 1.27. The average molecular weight is 226 g/mol. The summed E-state index contributed by atoms with van der Waals surface area (Å²) in [7, 11) is 3.05. The minimum Gasteiger partial charge on any atom is -0.495 e. The van der Waals surface area contributed by atoms with Crippen LogP contribution in [0.3, 0.4) is 0 Å². The van der Waals surface area contributed by atoms with Crippen molar-refractivity contribution in [3.05, 3.63) is 27.8 Å². The molecular weight excluding hydrogens is 218 g/mol. The van der Waals surface area contributed by atoms with Crippen LogP contribution in [0, 0.1) is 0 Å². The number of aryl methyl sites for hydroxylation is 1. The normalized spacial score (nSPS) is 10.6. The zero-order valence-corrected chi connectivity index (χ0v) is 8.95. The smallest absolute Gasteiger partial charge is 0.293 e. The number of methoxy groups -OCH3 is 1. The van der Waals surface area contributed by atoms with Crippen molar-refractivity contribution < 1.29 is 4.74 Å². The first kappa shape index (κ1) is 9.92. The molecule has 15 heavy (non-hydrogen) atoms. The van der Waals surface area contributed by atoms with Crippen molar-refractivity contribution in [1.82, 2.24) is 14.8 Å². The molecule has 0 bridgehead atoms. The number of fused-ring (bicyclic) bond motifs is 1. The Morgan fingerprint density at radius 2 is 2.27 bits per heavy atom. The van der Waals surface area contributed by atoms with E-state index in [1.807, 2.05) is 0 Å². The van der Waals surface area contributed by atoms with Crippen LogP contribution in [-0.2, 0) is 7.05 Å². The van der Waals surface area contributed by atoms with Crippen molar-refractivity contribution in [2.24, 2.45) is 7.05 Å². The maximum atomic E-state index is 11.6. The number of aromatic nitrogens is 3. The summed E-state index contributed by atoms with van der Waals surface area (Å²) in [5, 5.41) is 4.58. The SMILES string of the molecule is COc1cnc2c(=O)n(C)nc(Cl)c2c1. The molecule has 0 fully saturated rings. The van der Waals surface area contributed by atoms with Crippen molar-refractivity contribution in [3.63, 3.8) is 0 Å². The van der Waals surface area contributed by atoms with Crippen molar-refractivity contribution >= 4 is 22.5 Å².